The number of nitrogens with zero attached hydrogens (tertiary/aromatic N) is 3. The Labute approximate surface area is 119 Å². The number of fused-ring (bicyclic) bond motifs is 1. The van der Waals surface area contributed by atoms with Crippen molar-refractivity contribution in [1.29, 1.82) is 0 Å². The van der Waals surface area contributed by atoms with E-state index in [4.69, 9.17) is 4.74 Å². The monoisotopic (exact) mass is 268 g/mol. The molecule has 0 amide bonds. The highest BCUT2D eigenvalue weighted by atomic mass is 16.5. The van der Waals surface area contributed by atoms with Crippen LogP contribution in [0.2, 0.25) is 0 Å². The van der Waals surface area contributed by atoms with Crippen molar-refractivity contribution in [3.05, 3.63) is 53.4 Å². The summed E-state index contributed by atoms with van der Waals surface area (Å²) in [5, 5.41) is 0. The molecule has 0 aliphatic carbocycles. The van der Waals surface area contributed by atoms with Gasteiger partial charge >= 0.3 is 5.82 Å². The molecule has 0 fully saturated rings. The fourth-order valence-electron chi connectivity index (χ4n) is 2.35. The molecule has 2 heterocycles. The van der Waals surface area contributed by atoms with Crippen molar-refractivity contribution in [2.45, 2.75) is 13.8 Å². The number of aryl methyl sites for hydroxylation is 2. The van der Waals surface area contributed by atoms with Crippen LogP contribution in [0.15, 0.2) is 36.2 Å². The Morgan fingerprint density at radius 3 is 2.75 bits per heavy atom. The summed E-state index contributed by atoms with van der Waals surface area (Å²) in [5.41, 5.74) is 3.25. The minimum atomic E-state index is 0.791. The molecule has 102 valence electrons. The lowest BCUT2D eigenvalue weighted by Crippen LogP contribution is -2.37. The van der Waals surface area contributed by atoms with E-state index >= 15 is 0 Å². The van der Waals surface area contributed by atoms with Gasteiger partial charge in [-0.2, -0.15) is 0 Å². The van der Waals surface area contributed by atoms with Crippen molar-refractivity contribution >= 4 is 11.8 Å². The van der Waals surface area contributed by atoms with Crippen LogP contribution in [0.5, 0.6) is 5.75 Å². The zero-order valence-electron chi connectivity index (χ0n) is 12.2. The maximum atomic E-state index is 5.89. The highest BCUT2D eigenvalue weighted by Gasteiger charge is 2.24. The molecule has 20 heavy (non-hydrogen) atoms. The topological polar surface area (TPSA) is 29.2 Å². The Balaban J connectivity index is 2.04. The molecular formula is C16H18N3O+. The van der Waals surface area contributed by atoms with Gasteiger partial charge in [0.2, 0.25) is 5.88 Å². The first-order valence-electron chi connectivity index (χ1n) is 6.63. The molecule has 1 aromatic heterocycles. The van der Waals surface area contributed by atoms with E-state index in [0.717, 1.165) is 28.8 Å². The number of para-hydroxylation sites is 2. The number of aromatic nitrogens is 2. The van der Waals surface area contributed by atoms with E-state index in [0.29, 0.717) is 0 Å². The second-order valence-electron chi connectivity index (χ2n) is 5.07. The lowest BCUT2D eigenvalue weighted by atomic mass is 10.3. The molecule has 3 rings (SSSR count). The molecule has 0 unspecified atom stereocenters. The largest absolute Gasteiger partial charge is 0.438 e. The quantitative estimate of drug-likeness (QED) is 0.743. The van der Waals surface area contributed by atoms with E-state index < -0.39 is 0 Å². The summed E-state index contributed by atoms with van der Waals surface area (Å²) in [5.74, 6) is 2.56. The van der Waals surface area contributed by atoms with Crippen LogP contribution in [0.1, 0.15) is 17.2 Å². The Kier molecular flexibility index (Phi) is 2.93. The van der Waals surface area contributed by atoms with Gasteiger partial charge in [-0.3, -0.25) is 0 Å². The summed E-state index contributed by atoms with van der Waals surface area (Å²) in [4.78, 5) is 6.61. The third kappa shape index (κ3) is 2.03. The molecule has 0 atom stereocenters. The molecule has 1 aromatic carbocycles. The van der Waals surface area contributed by atoms with Crippen LogP contribution in [0, 0.1) is 13.8 Å². The Morgan fingerprint density at radius 2 is 2.00 bits per heavy atom. The summed E-state index contributed by atoms with van der Waals surface area (Å²) in [7, 11) is 4.01. The van der Waals surface area contributed by atoms with Crippen LogP contribution < -0.4 is 14.2 Å². The molecule has 0 saturated heterocycles. The molecule has 4 heteroatoms. The number of ether oxygens (including phenoxy) is 1. The van der Waals surface area contributed by atoms with E-state index in [9.17, 15) is 0 Å². The maximum Gasteiger partial charge on any atom is 0.328 e. The molecule has 0 radical (unpaired) electrons. The number of anilines is 1. The molecule has 0 saturated carbocycles. The van der Waals surface area contributed by atoms with Crippen molar-refractivity contribution in [1.82, 2.24) is 4.98 Å². The fraction of sp³-hybridized carbons (Fsp3) is 0.250. The average molecular weight is 268 g/mol. The van der Waals surface area contributed by atoms with E-state index in [2.05, 4.69) is 22.5 Å². The van der Waals surface area contributed by atoms with Gasteiger partial charge in [-0.15, -0.1) is 0 Å². The van der Waals surface area contributed by atoms with Gasteiger partial charge in [-0.05, 0) is 24.0 Å². The smallest absolute Gasteiger partial charge is 0.328 e. The zero-order chi connectivity index (χ0) is 14.3. The van der Waals surface area contributed by atoms with Crippen LogP contribution >= 0.6 is 0 Å². The van der Waals surface area contributed by atoms with Crippen LogP contribution in [0.4, 0.5) is 5.69 Å². The van der Waals surface area contributed by atoms with Gasteiger partial charge in [0.05, 0.1) is 18.8 Å². The van der Waals surface area contributed by atoms with Gasteiger partial charge in [0.1, 0.15) is 5.69 Å². The highest BCUT2D eigenvalue weighted by Crippen LogP contribution is 2.37. The zero-order valence-corrected chi connectivity index (χ0v) is 12.2. The average Bonchev–Trinajstić information content (AvgIpc) is 2.73. The summed E-state index contributed by atoms with van der Waals surface area (Å²) >= 11 is 0. The molecule has 1 aliphatic heterocycles. The van der Waals surface area contributed by atoms with E-state index in [1.165, 1.54) is 5.69 Å². The Morgan fingerprint density at radius 1 is 1.25 bits per heavy atom. The predicted octanol–water partition coefficient (Wildman–Crippen LogP) is 2.35. The van der Waals surface area contributed by atoms with Gasteiger partial charge in [-0.1, -0.05) is 12.1 Å². The second-order valence-corrected chi connectivity index (χ2v) is 5.07. The summed E-state index contributed by atoms with van der Waals surface area (Å²) in [6.45, 7) is 4.08. The molecule has 0 N–H and O–H groups in total. The van der Waals surface area contributed by atoms with Gasteiger partial charge in [0.25, 0.3) is 0 Å². The third-order valence-corrected chi connectivity index (χ3v) is 3.61. The molecular weight excluding hydrogens is 250 g/mol. The first kappa shape index (κ1) is 12.7. The van der Waals surface area contributed by atoms with Crippen molar-refractivity contribution < 1.29 is 9.30 Å². The van der Waals surface area contributed by atoms with Crippen LogP contribution in [0.25, 0.3) is 6.08 Å². The third-order valence-electron chi connectivity index (χ3n) is 3.61. The first-order valence-corrected chi connectivity index (χ1v) is 6.63. The summed E-state index contributed by atoms with van der Waals surface area (Å²) in [6.07, 6.45) is 1.97. The molecule has 1 aliphatic rings. The van der Waals surface area contributed by atoms with Crippen molar-refractivity contribution in [2.75, 3.05) is 11.9 Å². The van der Waals surface area contributed by atoms with E-state index in [1.807, 2.05) is 56.3 Å². The van der Waals surface area contributed by atoms with E-state index in [1.54, 1.807) is 0 Å². The highest BCUT2D eigenvalue weighted by molar-refractivity contribution is 5.69. The maximum absolute atomic E-state index is 5.89. The Bertz CT molecular complexity index is 707. The lowest BCUT2D eigenvalue weighted by molar-refractivity contribution is -0.682. The molecule has 2 aromatic rings. The van der Waals surface area contributed by atoms with Crippen molar-refractivity contribution in [2.24, 2.45) is 7.05 Å². The van der Waals surface area contributed by atoms with Crippen LogP contribution in [0.3, 0.4) is 0 Å². The number of rotatable bonds is 1. The number of hydrogen-bond acceptors (Lipinski definition) is 3. The minimum Gasteiger partial charge on any atom is -0.438 e. The van der Waals surface area contributed by atoms with Crippen LogP contribution in [-0.2, 0) is 7.05 Å². The standard InChI is InChI=1S/C16H18N3O/c1-11-9-12(2)18(3)15(17-11)10-16-19(4)13-7-5-6-8-14(13)20-16/h5-10H,1-4H3/q+1. The van der Waals surface area contributed by atoms with Gasteiger partial charge in [-0.25, -0.2) is 4.57 Å². The summed E-state index contributed by atoms with van der Waals surface area (Å²) < 4.78 is 7.95. The van der Waals surface area contributed by atoms with Gasteiger partial charge in [0.15, 0.2) is 11.4 Å². The number of benzene rings is 1. The first-order chi connectivity index (χ1) is 9.56. The lowest BCUT2D eigenvalue weighted by Gasteiger charge is -2.10. The normalized spacial score (nSPS) is 15.4. The molecule has 4 nitrogen and oxygen atoms in total. The van der Waals surface area contributed by atoms with Crippen LogP contribution in [-0.4, -0.2) is 12.0 Å². The fourth-order valence-corrected chi connectivity index (χ4v) is 2.35. The van der Waals surface area contributed by atoms with Crippen molar-refractivity contribution in [3.63, 3.8) is 0 Å². The minimum absolute atomic E-state index is 0.791. The van der Waals surface area contributed by atoms with Gasteiger partial charge in [0, 0.05) is 20.0 Å². The summed E-state index contributed by atoms with van der Waals surface area (Å²) in [6, 6.07) is 10.1. The van der Waals surface area contributed by atoms with E-state index in [-0.39, 0.29) is 0 Å². The molecule has 0 bridgehead atoms. The second kappa shape index (κ2) is 4.63. The van der Waals surface area contributed by atoms with Crippen molar-refractivity contribution in [3.8, 4) is 5.75 Å². The Hall–Kier alpha value is -2.36. The SMILES string of the molecule is Cc1cc(C)[n+](C)c(C=C2Oc3ccccc3N2C)n1. The van der Waals surface area contributed by atoms with Gasteiger partial charge < -0.3 is 9.64 Å². The molecule has 0 spiro atoms. The number of hydrogen-bond donors (Lipinski definition) is 0. The predicted molar refractivity (Wildman–Crippen MR) is 78.3 cm³/mol.